The average Bonchev–Trinajstić information content (AvgIpc) is 2.83. The molecule has 32 heavy (non-hydrogen) atoms. The Morgan fingerprint density at radius 1 is 0.656 bits per heavy atom. The van der Waals surface area contributed by atoms with E-state index in [1.807, 2.05) is 6.92 Å². The van der Waals surface area contributed by atoms with Gasteiger partial charge in [0.2, 0.25) is 0 Å². The van der Waals surface area contributed by atoms with Gasteiger partial charge in [-0.05, 0) is 74.5 Å². The van der Waals surface area contributed by atoms with E-state index in [2.05, 4.69) is 115 Å². The van der Waals surface area contributed by atoms with Crippen LogP contribution in [-0.4, -0.2) is 12.6 Å². The second-order valence-corrected chi connectivity index (χ2v) is 10.5. The van der Waals surface area contributed by atoms with Crippen molar-refractivity contribution in [2.45, 2.75) is 13.8 Å². The Morgan fingerprint density at radius 2 is 0.969 bits per heavy atom. The first-order valence-electron chi connectivity index (χ1n) is 10.6. The number of rotatable bonds is 6. The lowest BCUT2D eigenvalue weighted by Gasteiger charge is -2.27. The molecule has 0 aliphatic heterocycles. The zero-order valence-electron chi connectivity index (χ0n) is 18.3. The number of aliphatic carboxylic acids is 1. The molecule has 0 amide bonds. The third kappa shape index (κ3) is 5.25. The summed E-state index contributed by atoms with van der Waals surface area (Å²) in [7, 11) is -2.00. The van der Waals surface area contributed by atoms with E-state index in [0.717, 1.165) is 12.7 Å². The molecule has 4 rings (SSSR count). The van der Waals surface area contributed by atoms with Crippen molar-refractivity contribution >= 4 is 34.4 Å². The Balaban J connectivity index is 0.000000668. The lowest BCUT2D eigenvalue weighted by Crippen LogP contribution is -2.38. The SMILES string of the molecule is CC(=O)[O-].CCOc1ccc([P+](c2ccccc2)(c2ccccc2)c2ccccc2)cc1. The predicted molar refractivity (Wildman–Crippen MR) is 133 cm³/mol. The second kappa shape index (κ2) is 11.3. The van der Waals surface area contributed by atoms with Crippen LogP contribution in [0, 0.1) is 0 Å². The molecule has 0 N–H and O–H groups in total. The number of carboxylic acids is 1. The van der Waals surface area contributed by atoms with Crippen molar-refractivity contribution in [2.75, 3.05) is 6.61 Å². The smallest absolute Gasteiger partial charge is 0.144 e. The first-order chi connectivity index (χ1) is 15.6. The fraction of sp³-hybridized carbons (Fsp3) is 0.107. The minimum absolute atomic E-state index is 0.676. The number of ether oxygens (including phenoxy) is 1. The third-order valence-corrected chi connectivity index (χ3v) is 9.26. The van der Waals surface area contributed by atoms with Gasteiger partial charge in [-0.1, -0.05) is 54.6 Å². The first-order valence-corrected chi connectivity index (χ1v) is 12.3. The van der Waals surface area contributed by atoms with Gasteiger partial charge in [0.1, 0.15) is 34.2 Å². The number of carbonyl (C=O) groups is 1. The van der Waals surface area contributed by atoms with Crippen molar-refractivity contribution in [1.29, 1.82) is 0 Å². The summed E-state index contributed by atoms with van der Waals surface area (Å²) in [6, 6.07) is 41.4. The quantitative estimate of drug-likeness (QED) is 0.430. The minimum atomic E-state index is -2.00. The molecular formula is C28H27O3P. The van der Waals surface area contributed by atoms with Gasteiger partial charge in [-0.3, -0.25) is 0 Å². The Morgan fingerprint density at radius 3 is 1.28 bits per heavy atom. The molecule has 0 fully saturated rings. The van der Waals surface area contributed by atoms with E-state index in [1.54, 1.807) is 0 Å². The lowest BCUT2D eigenvalue weighted by atomic mass is 10.3. The van der Waals surface area contributed by atoms with Gasteiger partial charge in [0.05, 0.1) is 6.61 Å². The van der Waals surface area contributed by atoms with Crippen LogP contribution in [0.4, 0.5) is 0 Å². The molecule has 0 aromatic heterocycles. The maximum atomic E-state index is 8.89. The first kappa shape index (κ1) is 23.2. The fourth-order valence-electron chi connectivity index (χ4n) is 3.78. The van der Waals surface area contributed by atoms with Gasteiger partial charge in [0, 0.05) is 5.97 Å². The van der Waals surface area contributed by atoms with Gasteiger partial charge in [-0.2, -0.15) is 0 Å². The van der Waals surface area contributed by atoms with Crippen LogP contribution in [0.2, 0.25) is 0 Å². The molecule has 0 saturated carbocycles. The fourth-order valence-corrected chi connectivity index (χ4v) is 8.03. The van der Waals surface area contributed by atoms with Gasteiger partial charge >= 0.3 is 0 Å². The highest BCUT2D eigenvalue weighted by atomic mass is 31.2. The largest absolute Gasteiger partial charge is 0.550 e. The minimum Gasteiger partial charge on any atom is -0.550 e. The molecule has 0 spiro atoms. The monoisotopic (exact) mass is 442 g/mol. The highest BCUT2D eigenvalue weighted by Crippen LogP contribution is 2.54. The summed E-state index contributed by atoms with van der Waals surface area (Å²) in [6.07, 6.45) is 0. The van der Waals surface area contributed by atoms with E-state index >= 15 is 0 Å². The number of benzene rings is 4. The number of carbonyl (C=O) groups excluding carboxylic acids is 1. The average molecular weight is 442 g/mol. The summed E-state index contributed by atoms with van der Waals surface area (Å²) in [5.74, 6) is -0.168. The zero-order valence-corrected chi connectivity index (χ0v) is 19.2. The molecule has 4 aromatic rings. The molecule has 0 atom stereocenters. The van der Waals surface area contributed by atoms with Gasteiger partial charge < -0.3 is 14.6 Å². The highest BCUT2D eigenvalue weighted by molar-refractivity contribution is 8.01. The van der Waals surface area contributed by atoms with Gasteiger partial charge in [-0.15, -0.1) is 0 Å². The van der Waals surface area contributed by atoms with Crippen LogP contribution in [0.5, 0.6) is 5.75 Å². The highest BCUT2D eigenvalue weighted by Gasteiger charge is 2.47. The molecule has 4 heteroatoms. The summed E-state index contributed by atoms with van der Waals surface area (Å²) in [5, 5.41) is 14.3. The second-order valence-electron chi connectivity index (χ2n) is 7.10. The van der Waals surface area contributed by atoms with E-state index < -0.39 is 13.2 Å². The van der Waals surface area contributed by atoms with Crippen LogP contribution < -0.4 is 31.1 Å². The van der Waals surface area contributed by atoms with E-state index in [0.29, 0.717) is 6.61 Å². The Kier molecular flexibility index (Phi) is 8.19. The van der Waals surface area contributed by atoms with E-state index in [1.165, 1.54) is 21.2 Å². The van der Waals surface area contributed by atoms with Gasteiger partial charge in [0.25, 0.3) is 0 Å². The van der Waals surface area contributed by atoms with E-state index in [4.69, 9.17) is 14.6 Å². The molecule has 0 radical (unpaired) electrons. The molecule has 0 bridgehead atoms. The van der Waals surface area contributed by atoms with Crippen LogP contribution in [-0.2, 0) is 4.79 Å². The Hall–Kier alpha value is -3.42. The molecule has 0 aliphatic carbocycles. The summed E-state index contributed by atoms with van der Waals surface area (Å²) < 4.78 is 5.70. The maximum Gasteiger partial charge on any atom is 0.144 e. The van der Waals surface area contributed by atoms with Crippen molar-refractivity contribution in [3.8, 4) is 5.75 Å². The molecule has 3 nitrogen and oxygen atoms in total. The van der Waals surface area contributed by atoms with Crippen molar-refractivity contribution in [3.63, 3.8) is 0 Å². The third-order valence-electron chi connectivity index (χ3n) is 4.97. The number of carboxylic acid groups (broad SMARTS) is 1. The van der Waals surface area contributed by atoms with Gasteiger partial charge in [-0.25, -0.2) is 0 Å². The van der Waals surface area contributed by atoms with Crippen LogP contribution in [0.15, 0.2) is 115 Å². The van der Waals surface area contributed by atoms with Crippen molar-refractivity contribution in [1.82, 2.24) is 0 Å². The van der Waals surface area contributed by atoms with Crippen LogP contribution in [0.3, 0.4) is 0 Å². The normalized spacial score (nSPS) is 10.6. The molecule has 0 unspecified atom stereocenters. The summed E-state index contributed by atoms with van der Waals surface area (Å²) in [4.78, 5) is 8.89. The topological polar surface area (TPSA) is 49.4 Å². The standard InChI is InChI=1S/C26H24OP.C2H4O2/c1-2-27-22-18-20-26(21-19-22)28(23-12-6-3-7-13-23,24-14-8-4-9-15-24)25-16-10-5-11-17-25;1-2(3)4/h3-21H,2H2,1H3;1H3,(H,3,4)/q+1;/p-1. The maximum absolute atomic E-state index is 8.89. The van der Waals surface area contributed by atoms with Crippen LogP contribution in [0.1, 0.15) is 13.8 Å². The molecule has 162 valence electrons. The summed E-state index contributed by atoms with van der Waals surface area (Å²) in [5.41, 5.74) is 0. The van der Waals surface area contributed by atoms with E-state index in [-0.39, 0.29) is 0 Å². The molecule has 4 aromatic carbocycles. The Labute approximate surface area is 190 Å². The van der Waals surface area contributed by atoms with Crippen LogP contribution >= 0.6 is 7.26 Å². The Bertz CT molecular complexity index is 995. The van der Waals surface area contributed by atoms with Crippen molar-refractivity contribution < 1.29 is 14.6 Å². The number of hydrogen-bond acceptors (Lipinski definition) is 3. The molecular weight excluding hydrogens is 415 g/mol. The number of hydrogen-bond donors (Lipinski definition) is 0. The lowest BCUT2D eigenvalue weighted by molar-refractivity contribution is -0.302. The van der Waals surface area contributed by atoms with Gasteiger partial charge in [0.15, 0.2) is 0 Å². The van der Waals surface area contributed by atoms with Crippen molar-refractivity contribution in [2.24, 2.45) is 0 Å². The summed E-state index contributed by atoms with van der Waals surface area (Å²) in [6.45, 7) is 3.67. The molecule has 0 saturated heterocycles. The molecule has 0 aliphatic rings. The predicted octanol–water partition coefficient (Wildman–Crippen LogP) is 3.46. The van der Waals surface area contributed by atoms with E-state index in [9.17, 15) is 0 Å². The summed E-state index contributed by atoms with van der Waals surface area (Å²) >= 11 is 0. The van der Waals surface area contributed by atoms with Crippen molar-refractivity contribution in [3.05, 3.63) is 115 Å². The van der Waals surface area contributed by atoms with Crippen LogP contribution in [0.25, 0.3) is 0 Å². The zero-order chi connectivity index (χ0) is 22.8. The molecule has 0 heterocycles.